The Kier molecular flexibility index (Phi) is 8.01. The molecule has 0 spiro atoms. The van der Waals surface area contributed by atoms with Crippen molar-refractivity contribution in [3.63, 3.8) is 0 Å². The molecule has 0 N–H and O–H groups in total. The minimum Gasteiger partial charge on any atom is -0.469 e. The Morgan fingerprint density at radius 2 is 1.75 bits per heavy atom. The van der Waals surface area contributed by atoms with Crippen LogP contribution in [-0.4, -0.2) is 49.6 Å². The van der Waals surface area contributed by atoms with Gasteiger partial charge in [0.15, 0.2) is 16.3 Å². The molecule has 0 bridgehead atoms. The first-order valence-corrected chi connectivity index (χ1v) is 14.8. The van der Waals surface area contributed by atoms with Crippen LogP contribution in [0.4, 0.5) is 0 Å². The Labute approximate surface area is 235 Å². The van der Waals surface area contributed by atoms with E-state index in [-0.39, 0.29) is 36.8 Å². The first kappa shape index (κ1) is 27.6. The topological polar surface area (TPSA) is 117 Å². The van der Waals surface area contributed by atoms with Crippen LogP contribution in [0.2, 0.25) is 0 Å². The van der Waals surface area contributed by atoms with E-state index in [0.717, 1.165) is 15.8 Å². The lowest BCUT2D eigenvalue weighted by Crippen LogP contribution is -2.30. The van der Waals surface area contributed by atoms with Gasteiger partial charge in [0.1, 0.15) is 0 Å². The number of hydrogen-bond acceptors (Lipinski definition) is 8. The molecule has 10 nitrogen and oxygen atoms in total. The molecule has 2 heterocycles. The molecule has 3 aromatic carbocycles. The fourth-order valence-electron chi connectivity index (χ4n) is 4.29. The minimum atomic E-state index is -3.78. The smallest absolute Gasteiger partial charge is 0.307 e. The molecule has 0 saturated heterocycles. The molecular formula is C28H27N3O7S2. The van der Waals surface area contributed by atoms with E-state index >= 15 is 0 Å². The summed E-state index contributed by atoms with van der Waals surface area (Å²) in [5.41, 5.74) is 1.85. The van der Waals surface area contributed by atoms with Crippen LogP contribution >= 0.6 is 11.3 Å². The summed E-state index contributed by atoms with van der Waals surface area (Å²) in [4.78, 5) is 29.8. The van der Waals surface area contributed by atoms with Gasteiger partial charge in [-0.15, -0.1) is 0 Å². The SMILES string of the molecule is CCN(Cc1ccccc1)S(=O)(=O)c1ccc(C(=O)N=c2sc3cc4c(cc3n2CCC(=O)OC)OCO4)cc1. The Morgan fingerprint density at radius 3 is 2.42 bits per heavy atom. The normalized spacial score (nSPS) is 13.2. The van der Waals surface area contributed by atoms with Crippen molar-refractivity contribution in [1.29, 1.82) is 0 Å². The van der Waals surface area contributed by atoms with Crippen molar-refractivity contribution >= 4 is 43.5 Å². The van der Waals surface area contributed by atoms with Gasteiger partial charge in [-0.2, -0.15) is 9.30 Å². The lowest BCUT2D eigenvalue weighted by molar-refractivity contribution is -0.140. The number of ether oxygens (including phenoxy) is 3. The van der Waals surface area contributed by atoms with E-state index in [1.54, 1.807) is 17.6 Å². The molecule has 1 aliphatic heterocycles. The van der Waals surface area contributed by atoms with Gasteiger partial charge < -0.3 is 18.8 Å². The van der Waals surface area contributed by atoms with E-state index < -0.39 is 21.9 Å². The zero-order valence-electron chi connectivity index (χ0n) is 21.9. The van der Waals surface area contributed by atoms with E-state index in [2.05, 4.69) is 4.99 Å². The molecule has 208 valence electrons. The summed E-state index contributed by atoms with van der Waals surface area (Å²) in [6, 6.07) is 18.7. The highest BCUT2D eigenvalue weighted by Gasteiger charge is 2.24. The monoisotopic (exact) mass is 581 g/mol. The van der Waals surface area contributed by atoms with Crippen LogP contribution in [-0.2, 0) is 32.6 Å². The van der Waals surface area contributed by atoms with E-state index in [9.17, 15) is 18.0 Å². The summed E-state index contributed by atoms with van der Waals surface area (Å²) in [6.07, 6.45) is 0.0849. The predicted molar refractivity (Wildman–Crippen MR) is 149 cm³/mol. The third kappa shape index (κ3) is 5.64. The standard InChI is InChI=1S/C28H27N3O7S2/c1-3-30(17-19-7-5-4-6-8-19)40(34,35)21-11-9-20(10-12-21)27(33)29-28-31(14-13-26(32)36-2)22-15-23-24(38-18-37-23)16-25(22)39-28/h4-12,15-16H,3,13-14,17-18H2,1-2H3. The Bertz CT molecular complexity index is 1730. The number of carbonyl (C=O) groups is 2. The molecule has 0 radical (unpaired) electrons. The van der Waals surface area contributed by atoms with Crippen molar-refractivity contribution in [3.8, 4) is 11.5 Å². The molecular weight excluding hydrogens is 554 g/mol. The second-order valence-corrected chi connectivity index (χ2v) is 11.8. The summed E-state index contributed by atoms with van der Waals surface area (Å²) in [6.45, 7) is 2.68. The Balaban J connectivity index is 1.44. The summed E-state index contributed by atoms with van der Waals surface area (Å²) in [5.74, 6) is 0.228. The number of benzene rings is 3. The van der Waals surface area contributed by atoms with Crippen molar-refractivity contribution in [3.05, 3.63) is 82.7 Å². The largest absolute Gasteiger partial charge is 0.469 e. The van der Waals surface area contributed by atoms with Crippen LogP contribution in [0, 0.1) is 0 Å². The highest BCUT2D eigenvalue weighted by Crippen LogP contribution is 2.37. The number of thiazole rings is 1. The van der Waals surface area contributed by atoms with Crippen LogP contribution in [0.3, 0.4) is 0 Å². The van der Waals surface area contributed by atoms with Gasteiger partial charge in [-0.25, -0.2) is 8.42 Å². The van der Waals surface area contributed by atoms with Gasteiger partial charge in [0.25, 0.3) is 5.91 Å². The second kappa shape index (κ2) is 11.6. The Hall–Kier alpha value is -4.00. The number of hydrogen-bond donors (Lipinski definition) is 0. The summed E-state index contributed by atoms with van der Waals surface area (Å²) >= 11 is 1.27. The van der Waals surface area contributed by atoms with E-state index in [4.69, 9.17) is 14.2 Å². The van der Waals surface area contributed by atoms with Gasteiger partial charge in [-0.05, 0) is 29.8 Å². The maximum absolute atomic E-state index is 13.3. The summed E-state index contributed by atoms with van der Waals surface area (Å²) in [7, 11) is -2.46. The van der Waals surface area contributed by atoms with Gasteiger partial charge in [-0.3, -0.25) is 9.59 Å². The fourth-order valence-corrected chi connectivity index (χ4v) is 6.79. The third-order valence-electron chi connectivity index (χ3n) is 6.43. The zero-order chi connectivity index (χ0) is 28.3. The second-order valence-electron chi connectivity index (χ2n) is 8.89. The first-order chi connectivity index (χ1) is 19.3. The van der Waals surface area contributed by atoms with Crippen LogP contribution in [0.1, 0.15) is 29.3 Å². The zero-order valence-corrected chi connectivity index (χ0v) is 23.5. The summed E-state index contributed by atoms with van der Waals surface area (Å²) < 4.78 is 46.2. The molecule has 12 heteroatoms. The number of nitrogens with zero attached hydrogens (tertiary/aromatic N) is 3. The number of amides is 1. The maximum Gasteiger partial charge on any atom is 0.307 e. The van der Waals surface area contributed by atoms with Gasteiger partial charge >= 0.3 is 5.97 Å². The van der Waals surface area contributed by atoms with Crippen molar-refractivity contribution in [2.45, 2.75) is 31.3 Å². The lowest BCUT2D eigenvalue weighted by atomic mass is 10.2. The van der Waals surface area contributed by atoms with Gasteiger partial charge in [0.05, 0.1) is 28.6 Å². The van der Waals surface area contributed by atoms with Crippen molar-refractivity contribution in [1.82, 2.24) is 8.87 Å². The molecule has 5 rings (SSSR count). The number of rotatable bonds is 9. The molecule has 0 aliphatic carbocycles. The van der Waals surface area contributed by atoms with Gasteiger partial charge in [0, 0.05) is 37.3 Å². The number of aromatic nitrogens is 1. The molecule has 0 atom stereocenters. The molecule has 0 fully saturated rings. The number of fused-ring (bicyclic) bond motifs is 2. The highest BCUT2D eigenvalue weighted by molar-refractivity contribution is 7.89. The van der Waals surface area contributed by atoms with E-state index in [0.29, 0.717) is 22.8 Å². The number of methoxy groups -OCH3 is 1. The van der Waals surface area contributed by atoms with Gasteiger partial charge in [0.2, 0.25) is 16.8 Å². The number of aryl methyl sites for hydroxylation is 1. The van der Waals surface area contributed by atoms with Crippen molar-refractivity contribution in [2.75, 3.05) is 20.4 Å². The molecule has 0 saturated carbocycles. The molecule has 1 amide bonds. The van der Waals surface area contributed by atoms with Crippen LogP contribution in [0.5, 0.6) is 11.5 Å². The highest BCUT2D eigenvalue weighted by atomic mass is 32.2. The molecule has 40 heavy (non-hydrogen) atoms. The number of sulfonamides is 1. The third-order valence-corrected chi connectivity index (χ3v) is 9.41. The lowest BCUT2D eigenvalue weighted by Gasteiger charge is -2.20. The quantitative estimate of drug-likeness (QED) is 0.275. The first-order valence-electron chi connectivity index (χ1n) is 12.5. The van der Waals surface area contributed by atoms with Crippen molar-refractivity contribution < 1.29 is 32.2 Å². The fraction of sp³-hybridized carbons (Fsp3) is 0.250. The predicted octanol–water partition coefficient (Wildman–Crippen LogP) is 3.95. The minimum absolute atomic E-state index is 0.0849. The molecule has 1 aliphatic rings. The van der Waals surface area contributed by atoms with E-state index in [1.807, 2.05) is 36.4 Å². The number of carbonyl (C=O) groups excluding carboxylic acids is 2. The van der Waals surface area contributed by atoms with E-state index in [1.165, 1.54) is 47.0 Å². The molecule has 1 aromatic heterocycles. The van der Waals surface area contributed by atoms with Gasteiger partial charge in [-0.1, -0.05) is 48.6 Å². The average Bonchev–Trinajstić information content (AvgIpc) is 3.56. The summed E-state index contributed by atoms with van der Waals surface area (Å²) in [5, 5.41) is 0. The van der Waals surface area contributed by atoms with Crippen LogP contribution in [0.15, 0.2) is 76.6 Å². The number of esters is 1. The molecule has 0 unspecified atom stereocenters. The Morgan fingerprint density at radius 1 is 1.05 bits per heavy atom. The van der Waals surface area contributed by atoms with Crippen LogP contribution in [0.25, 0.3) is 10.2 Å². The maximum atomic E-state index is 13.3. The molecule has 4 aromatic rings. The van der Waals surface area contributed by atoms with Crippen molar-refractivity contribution in [2.24, 2.45) is 4.99 Å². The van der Waals surface area contributed by atoms with Crippen LogP contribution < -0.4 is 14.3 Å². The average molecular weight is 582 g/mol.